The number of hydrogen-bond acceptors (Lipinski definition) is 3. The number of piperidine rings is 1. The lowest BCUT2D eigenvalue weighted by molar-refractivity contribution is 0.0174. The van der Waals surface area contributed by atoms with E-state index in [0.29, 0.717) is 24.6 Å². The maximum atomic E-state index is 13.8. The fraction of sp³-hybridized carbons (Fsp3) is 0.526. The van der Waals surface area contributed by atoms with Gasteiger partial charge in [0.1, 0.15) is 5.82 Å². The molecule has 2 atom stereocenters. The average molecular weight is 331 g/mol. The topological polar surface area (TPSA) is 41.3 Å². The largest absolute Gasteiger partial charge is 0.391 e. The molecule has 0 bridgehead atoms. The number of halogens is 1. The van der Waals surface area contributed by atoms with Gasteiger partial charge in [0.2, 0.25) is 0 Å². The van der Waals surface area contributed by atoms with Gasteiger partial charge in [0.05, 0.1) is 11.8 Å². The highest BCUT2D eigenvalue weighted by Gasteiger charge is 2.28. The van der Waals surface area contributed by atoms with Gasteiger partial charge in [0.25, 0.3) is 0 Å². The zero-order valence-electron chi connectivity index (χ0n) is 14.4. The highest BCUT2D eigenvalue weighted by Crippen LogP contribution is 2.24. The number of aliphatic hydroxyl groups excluding tert-OH is 1. The lowest BCUT2D eigenvalue weighted by Crippen LogP contribution is -2.44. The van der Waals surface area contributed by atoms with Gasteiger partial charge in [-0.05, 0) is 56.8 Å². The Morgan fingerprint density at radius 1 is 1.29 bits per heavy atom. The highest BCUT2D eigenvalue weighted by molar-refractivity contribution is 5.18. The molecule has 1 aromatic carbocycles. The van der Waals surface area contributed by atoms with Crippen molar-refractivity contribution >= 4 is 0 Å². The number of rotatable bonds is 5. The van der Waals surface area contributed by atoms with Gasteiger partial charge in [0.15, 0.2) is 0 Å². The first-order valence-electron chi connectivity index (χ1n) is 8.71. The van der Waals surface area contributed by atoms with Crippen LogP contribution in [0.25, 0.3) is 0 Å². The van der Waals surface area contributed by atoms with Gasteiger partial charge < -0.3 is 5.11 Å². The molecule has 0 aliphatic carbocycles. The van der Waals surface area contributed by atoms with E-state index in [1.165, 1.54) is 11.8 Å². The van der Waals surface area contributed by atoms with Crippen molar-refractivity contribution in [2.45, 2.75) is 45.4 Å². The Labute approximate surface area is 142 Å². The molecule has 2 aromatic rings. The third kappa shape index (κ3) is 3.84. The van der Waals surface area contributed by atoms with Crippen LogP contribution in [0.2, 0.25) is 0 Å². The predicted molar refractivity (Wildman–Crippen MR) is 92.1 cm³/mol. The fourth-order valence-corrected chi connectivity index (χ4v) is 3.53. The standard InChI is InChI=1S/C19H26FN3O/c1-14(2)23-17(7-9-21-23)12-22-10-8-16(19(24)13-22)11-15-5-3-4-6-18(15)20/h3-7,9,14,16,19,24H,8,10-13H2,1-2H3/t16-,19+/m1/s1. The fourth-order valence-electron chi connectivity index (χ4n) is 3.53. The second-order valence-corrected chi connectivity index (χ2v) is 7.01. The van der Waals surface area contributed by atoms with E-state index in [-0.39, 0.29) is 11.7 Å². The molecule has 1 aliphatic rings. The molecule has 0 radical (unpaired) electrons. The number of β-amino-alcohol motifs (C(OH)–C–C–N with tert-alkyl or cyclic N) is 1. The first-order valence-corrected chi connectivity index (χ1v) is 8.71. The molecule has 5 heteroatoms. The van der Waals surface area contributed by atoms with Crippen molar-refractivity contribution in [3.05, 3.63) is 53.6 Å². The van der Waals surface area contributed by atoms with Crippen LogP contribution in [0.3, 0.4) is 0 Å². The van der Waals surface area contributed by atoms with Crippen molar-refractivity contribution in [2.24, 2.45) is 5.92 Å². The molecule has 1 aliphatic heterocycles. The van der Waals surface area contributed by atoms with Crippen molar-refractivity contribution in [3.8, 4) is 0 Å². The Morgan fingerprint density at radius 3 is 2.79 bits per heavy atom. The molecule has 24 heavy (non-hydrogen) atoms. The molecule has 0 amide bonds. The van der Waals surface area contributed by atoms with Gasteiger partial charge in [0, 0.05) is 25.3 Å². The molecule has 1 aromatic heterocycles. The molecule has 2 heterocycles. The summed E-state index contributed by atoms with van der Waals surface area (Å²) in [5, 5.41) is 14.9. The first-order chi connectivity index (χ1) is 11.5. The van der Waals surface area contributed by atoms with Crippen molar-refractivity contribution in [3.63, 3.8) is 0 Å². The minimum absolute atomic E-state index is 0.119. The number of nitrogens with zero attached hydrogens (tertiary/aromatic N) is 3. The Hall–Kier alpha value is -1.72. The second-order valence-electron chi connectivity index (χ2n) is 7.01. The smallest absolute Gasteiger partial charge is 0.126 e. The Morgan fingerprint density at radius 2 is 2.08 bits per heavy atom. The molecule has 1 saturated heterocycles. The number of aromatic nitrogens is 2. The van der Waals surface area contributed by atoms with Crippen LogP contribution in [0.5, 0.6) is 0 Å². The van der Waals surface area contributed by atoms with Crippen LogP contribution in [0.4, 0.5) is 4.39 Å². The van der Waals surface area contributed by atoms with E-state index in [4.69, 9.17) is 0 Å². The number of hydrogen-bond donors (Lipinski definition) is 1. The summed E-state index contributed by atoms with van der Waals surface area (Å²) in [7, 11) is 0. The number of benzene rings is 1. The van der Waals surface area contributed by atoms with Gasteiger partial charge in [-0.2, -0.15) is 5.10 Å². The summed E-state index contributed by atoms with van der Waals surface area (Å²) in [5.74, 6) is -0.0545. The molecule has 4 nitrogen and oxygen atoms in total. The summed E-state index contributed by atoms with van der Waals surface area (Å²) in [6, 6.07) is 9.23. The summed E-state index contributed by atoms with van der Waals surface area (Å²) in [4.78, 5) is 2.26. The van der Waals surface area contributed by atoms with Crippen LogP contribution >= 0.6 is 0 Å². The second kappa shape index (κ2) is 7.45. The van der Waals surface area contributed by atoms with Crippen LogP contribution < -0.4 is 0 Å². The molecule has 0 unspecified atom stereocenters. The molecule has 3 rings (SSSR count). The van der Waals surface area contributed by atoms with E-state index < -0.39 is 6.10 Å². The predicted octanol–water partition coefficient (Wildman–Crippen LogP) is 3.03. The molecule has 130 valence electrons. The maximum Gasteiger partial charge on any atom is 0.126 e. The van der Waals surface area contributed by atoms with E-state index >= 15 is 0 Å². The summed E-state index contributed by atoms with van der Waals surface area (Å²) in [5.41, 5.74) is 1.87. The summed E-state index contributed by atoms with van der Waals surface area (Å²) in [6.07, 6.45) is 2.89. The zero-order valence-corrected chi connectivity index (χ0v) is 14.4. The average Bonchev–Trinajstić information content (AvgIpc) is 3.00. The van der Waals surface area contributed by atoms with Crippen LogP contribution in [0, 0.1) is 11.7 Å². The van der Waals surface area contributed by atoms with Crippen LogP contribution in [0.1, 0.15) is 37.6 Å². The van der Waals surface area contributed by atoms with Crippen molar-refractivity contribution in [1.29, 1.82) is 0 Å². The van der Waals surface area contributed by atoms with Gasteiger partial charge in [-0.1, -0.05) is 18.2 Å². The van der Waals surface area contributed by atoms with Crippen LogP contribution in [0.15, 0.2) is 36.5 Å². The van der Waals surface area contributed by atoms with E-state index in [1.807, 2.05) is 29.1 Å². The van der Waals surface area contributed by atoms with Gasteiger partial charge in [-0.15, -0.1) is 0 Å². The minimum Gasteiger partial charge on any atom is -0.391 e. The van der Waals surface area contributed by atoms with Crippen molar-refractivity contribution in [2.75, 3.05) is 13.1 Å². The van der Waals surface area contributed by atoms with E-state index in [0.717, 1.165) is 19.5 Å². The third-order valence-electron chi connectivity index (χ3n) is 4.87. The van der Waals surface area contributed by atoms with Gasteiger partial charge in [-0.25, -0.2) is 4.39 Å². The van der Waals surface area contributed by atoms with Gasteiger partial charge >= 0.3 is 0 Å². The maximum absolute atomic E-state index is 13.8. The monoisotopic (exact) mass is 331 g/mol. The summed E-state index contributed by atoms with van der Waals surface area (Å²) < 4.78 is 15.8. The number of aliphatic hydroxyl groups is 1. The SMILES string of the molecule is CC(C)n1nccc1CN1CC[C@H](Cc2ccccc2F)[C@@H](O)C1. The third-order valence-corrected chi connectivity index (χ3v) is 4.87. The molecule has 1 fully saturated rings. The molecule has 0 spiro atoms. The van der Waals surface area contributed by atoms with Crippen LogP contribution in [-0.4, -0.2) is 39.0 Å². The quantitative estimate of drug-likeness (QED) is 0.916. The Kier molecular flexibility index (Phi) is 5.31. The molecule has 0 saturated carbocycles. The number of likely N-dealkylation sites (tertiary alicyclic amines) is 1. The lowest BCUT2D eigenvalue weighted by Gasteiger charge is -2.36. The first kappa shape index (κ1) is 17.1. The molecular formula is C19H26FN3O. The van der Waals surface area contributed by atoms with E-state index in [1.54, 1.807) is 6.07 Å². The van der Waals surface area contributed by atoms with Crippen molar-refractivity contribution in [1.82, 2.24) is 14.7 Å². The summed E-state index contributed by atoms with van der Waals surface area (Å²) >= 11 is 0. The van der Waals surface area contributed by atoms with E-state index in [9.17, 15) is 9.50 Å². The highest BCUT2D eigenvalue weighted by atomic mass is 19.1. The Balaban J connectivity index is 1.59. The normalized spacial score (nSPS) is 22.2. The lowest BCUT2D eigenvalue weighted by atomic mass is 9.87. The summed E-state index contributed by atoms with van der Waals surface area (Å²) in [6.45, 7) is 6.57. The Bertz CT molecular complexity index is 670. The van der Waals surface area contributed by atoms with Crippen LogP contribution in [-0.2, 0) is 13.0 Å². The van der Waals surface area contributed by atoms with Gasteiger partial charge in [-0.3, -0.25) is 9.58 Å². The van der Waals surface area contributed by atoms with Crippen molar-refractivity contribution < 1.29 is 9.50 Å². The minimum atomic E-state index is -0.422. The molecular weight excluding hydrogens is 305 g/mol. The van der Waals surface area contributed by atoms with E-state index in [2.05, 4.69) is 23.8 Å². The molecule has 1 N–H and O–H groups in total. The zero-order chi connectivity index (χ0) is 17.1.